The summed E-state index contributed by atoms with van der Waals surface area (Å²) in [6.45, 7) is 2.12. The summed E-state index contributed by atoms with van der Waals surface area (Å²) < 4.78 is 9.60. The highest BCUT2D eigenvalue weighted by Crippen LogP contribution is 2.06. The second kappa shape index (κ2) is 5.64. The molecule has 1 aromatic heterocycles. The number of aromatic nitrogens is 2. The molecule has 0 unspecified atom stereocenters. The van der Waals surface area contributed by atoms with Crippen LogP contribution in [0, 0.1) is 0 Å². The molecule has 0 aliphatic carbocycles. The largest absolute Gasteiger partial charge is 0.466 e. The quantitative estimate of drug-likeness (QED) is 0.685. The monoisotopic (exact) mass is 216 g/mol. The van der Waals surface area contributed by atoms with Crippen LogP contribution in [0.25, 0.3) is 0 Å². The van der Waals surface area contributed by atoms with Crippen molar-refractivity contribution in [1.29, 1.82) is 0 Å². The molecule has 0 amide bonds. The molecule has 0 fully saturated rings. The summed E-state index contributed by atoms with van der Waals surface area (Å²) in [5, 5.41) is 3.70. The van der Waals surface area contributed by atoms with Crippen molar-refractivity contribution >= 4 is 17.7 Å². The van der Waals surface area contributed by atoms with E-state index >= 15 is 0 Å². The van der Waals surface area contributed by atoms with Gasteiger partial charge in [-0.2, -0.15) is 16.7 Å². The fourth-order valence-electron chi connectivity index (χ4n) is 0.885. The van der Waals surface area contributed by atoms with Crippen LogP contribution in [0.1, 0.15) is 18.6 Å². The van der Waals surface area contributed by atoms with Gasteiger partial charge in [-0.1, -0.05) is 5.16 Å². The molecule has 0 atom stereocenters. The molecule has 0 aromatic carbocycles. The Morgan fingerprint density at radius 2 is 2.43 bits per heavy atom. The first kappa shape index (κ1) is 11.0. The fraction of sp³-hybridized carbons (Fsp3) is 0.625. The van der Waals surface area contributed by atoms with Gasteiger partial charge in [-0.15, -0.1) is 0 Å². The van der Waals surface area contributed by atoms with Crippen molar-refractivity contribution in [2.45, 2.75) is 19.1 Å². The molecule has 1 rings (SSSR count). The van der Waals surface area contributed by atoms with E-state index in [0.717, 1.165) is 0 Å². The number of ether oxygens (including phenoxy) is 1. The summed E-state index contributed by atoms with van der Waals surface area (Å²) in [5.41, 5.74) is 0. The number of thioether (sulfide) groups is 1. The third-order valence-corrected chi connectivity index (χ3v) is 1.93. The number of hydrogen-bond acceptors (Lipinski definition) is 6. The maximum Gasteiger partial charge on any atom is 0.315 e. The van der Waals surface area contributed by atoms with Gasteiger partial charge in [0.1, 0.15) is 6.42 Å². The van der Waals surface area contributed by atoms with Gasteiger partial charge in [-0.3, -0.25) is 4.79 Å². The van der Waals surface area contributed by atoms with E-state index in [1.807, 2.05) is 6.26 Å². The molecule has 1 aromatic rings. The van der Waals surface area contributed by atoms with Gasteiger partial charge in [0.15, 0.2) is 5.82 Å². The van der Waals surface area contributed by atoms with Crippen LogP contribution in [0.3, 0.4) is 0 Å². The highest BCUT2D eigenvalue weighted by Gasteiger charge is 2.11. The van der Waals surface area contributed by atoms with Gasteiger partial charge < -0.3 is 9.26 Å². The molecule has 0 aliphatic rings. The van der Waals surface area contributed by atoms with Crippen LogP contribution in [0.2, 0.25) is 0 Å². The van der Waals surface area contributed by atoms with Crippen LogP contribution in [0.15, 0.2) is 4.52 Å². The summed E-state index contributed by atoms with van der Waals surface area (Å²) in [7, 11) is 0. The van der Waals surface area contributed by atoms with Crippen LogP contribution in [-0.4, -0.2) is 29.0 Å². The van der Waals surface area contributed by atoms with Crippen molar-refractivity contribution < 1.29 is 14.1 Å². The standard InChI is InChI=1S/C8H12N2O3S/c1-3-12-8(11)4-7-9-6(5-14-2)10-13-7/h3-5H2,1-2H3. The van der Waals surface area contributed by atoms with E-state index in [2.05, 4.69) is 10.1 Å². The van der Waals surface area contributed by atoms with Crippen molar-refractivity contribution in [1.82, 2.24) is 10.1 Å². The first-order valence-electron chi connectivity index (χ1n) is 4.22. The van der Waals surface area contributed by atoms with Crippen LogP contribution >= 0.6 is 11.8 Å². The lowest BCUT2D eigenvalue weighted by atomic mass is 10.4. The Labute approximate surface area is 86.2 Å². The Hall–Kier alpha value is -1.04. The SMILES string of the molecule is CCOC(=O)Cc1nc(CSC)no1. The second-order valence-corrected chi connectivity index (χ2v) is 3.39. The Kier molecular flexibility index (Phi) is 4.45. The summed E-state index contributed by atoms with van der Waals surface area (Å²) >= 11 is 1.60. The average molecular weight is 216 g/mol. The van der Waals surface area contributed by atoms with Gasteiger partial charge in [-0.05, 0) is 13.2 Å². The highest BCUT2D eigenvalue weighted by atomic mass is 32.2. The average Bonchev–Trinajstić information content (AvgIpc) is 2.53. The van der Waals surface area contributed by atoms with Gasteiger partial charge in [0, 0.05) is 0 Å². The Morgan fingerprint density at radius 3 is 3.07 bits per heavy atom. The summed E-state index contributed by atoms with van der Waals surface area (Å²) in [5.74, 6) is 1.27. The van der Waals surface area contributed by atoms with Crippen LogP contribution < -0.4 is 0 Å². The minimum absolute atomic E-state index is 0.0508. The molecule has 6 heteroatoms. The van der Waals surface area contributed by atoms with E-state index in [0.29, 0.717) is 24.1 Å². The first-order valence-corrected chi connectivity index (χ1v) is 5.61. The number of nitrogens with zero attached hydrogens (tertiary/aromatic N) is 2. The molecule has 14 heavy (non-hydrogen) atoms. The van der Waals surface area contributed by atoms with Crippen molar-refractivity contribution in [2.24, 2.45) is 0 Å². The zero-order chi connectivity index (χ0) is 10.4. The Morgan fingerprint density at radius 1 is 1.64 bits per heavy atom. The van der Waals surface area contributed by atoms with E-state index in [9.17, 15) is 4.79 Å². The smallest absolute Gasteiger partial charge is 0.315 e. The molecule has 78 valence electrons. The first-order chi connectivity index (χ1) is 6.76. The zero-order valence-corrected chi connectivity index (χ0v) is 8.97. The molecule has 1 heterocycles. The number of carbonyl (C=O) groups excluding carboxylic acids is 1. The van der Waals surface area contributed by atoms with Gasteiger partial charge in [0.25, 0.3) is 0 Å². The molecular weight excluding hydrogens is 204 g/mol. The van der Waals surface area contributed by atoms with Crippen LogP contribution in [-0.2, 0) is 21.7 Å². The van der Waals surface area contributed by atoms with E-state index < -0.39 is 0 Å². The van der Waals surface area contributed by atoms with E-state index in [1.165, 1.54) is 0 Å². The molecule has 0 bridgehead atoms. The van der Waals surface area contributed by atoms with Gasteiger partial charge in [0.2, 0.25) is 5.89 Å². The van der Waals surface area contributed by atoms with Gasteiger partial charge in [-0.25, -0.2) is 0 Å². The number of hydrogen-bond donors (Lipinski definition) is 0. The molecule has 0 radical (unpaired) electrons. The highest BCUT2D eigenvalue weighted by molar-refractivity contribution is 7.97. The van der Waals surface area contributed by atoms with Crippen molar-refractivity contribution in [3.8, 4) is 0 Å². The second-order valence-electron chi connectivity index (χ2n) is 2.52. The minimum Gasteiger partial charge on any atom is -0.466 e. The summed E-state index contributed by atoms with van der Waals surface area (Å²) in [4.78, 5) is 15.0. The van der Waals surface area contributed by atoms with E-state index in [4.69, 9.17) is 9.26 Å². The molecular formula is C8H12N2O3S. The lowest BCUT2D eigenvalue weighted by Crippen LogP contribution is -2.07. The van der Waals surface area contributed by atoms with Gasteiger partial charge >= 0.3 is 5.97 Å². The summed E-state index contributed by atoms with van der Waals surface area (Å²) in [6.07, 6.45) is 2.00. The topological polar surface area (TPSA) is 65.2 Å². The Bertz CT molecular complexity index is 301. The predicted molar refractivity (Wildman–Crippen MR) is 51.9 cm³/mol. The van der Waals surface area contributed by atoms with Crippen molar-refractivity contribution in [3.05, 3.63) is 11.7 Å². The number of esters is 1. The zero-order valence-electron chi connectivity index (χ0n) is 8.15. The van der Waals surface area contributed by atoms with Gasteiger partial charge in [0.05, 0.1) is 12.4 Å². The predicted octanol–water partition coefficient (Wildman–Crippen LogP) is 1.04. The lowest BCUT2D eigenvalue weighted by Gasteiger charge is -1.96. The molecule has 0 saturated heterocycles. The maximum atomic E-state index is 11.0. The normalized spacial score (nSPS) is 10.1. The van der Waals surface area contributed by atoms with Crippen molar-refractivity contribution in [2.75, 3.05) is 12.9 Å². The van der Waals surface area contributed by atoms with E-state index in [1.54, 1.807) is 18.7 Å². The van der Waals surface area contributed by atoms with Crippen LogP contribution in [0.5, 0.6) is 0 Å². The molecule has 5 nitrogen and oxygen atoms in total. The molecule has 0 aliphatic heterocycles. The number of rotatable bonds is 5. The maximum absolute atomic E-state index is 11.0. The lowest BCUT2D eigenvalue weighted by molar-refractivity contribution is -0.142. The molecule has 0 N–H and O–H groups in total. The number of carbonyl (C=O) groups is 1. The minimum atomic E-state index is -0.341. The van der Waals surface area contributed by atoms with Crippen molar-refractivity contribution in [3.63, 3.8) is 0 Å². The third kappa shape index (κ3) is 3.37. The van der Waals surface area contributed by atoms with E-state index in [-0.39, 0.29) is 12.4 Å². The summed E-state index contributed by atoms with van der Waals surface area (Å²) in [6, 6.07) is 0. The third-order valence-electron chi connectivity index (χ3n) is 1.38. The fourth-order valence-corrected chi connectivity index (χ4v) is 1.26. The molecule has 0 saturated carbocycles. The van der Waals surface area contributed by atoms with Crippen LogP contribution in [0.4, 0.5) is 0 Å². The molecule has 0 spiro atoms. The Balaban J connectivity index is 2.46.